The van der Waals surface area contributed by atoms with Gasteiger partial charge in [-0.25, -0.2) is 0 Å². The summed E-state index contributed by atoms with van der Waals surface area (Å²) < 4.78 is 5.40. The van der Waals surface area contributed by atoms with Crippen molar-refractivity contribution in [3.63, 3.8) is 0 Å². The zero-order chi connectivity index (χ0) is 15.5. The average Bonchev–Trinajstić information content (AvgIpc) is 3.26. The molecule has 116 valence electrons. The van der Waals surface area contributed by atoms with Crippen LogP contribution in [0.15, 0.2) is 59.3 Å². The van der Waals surface area contributed by atoms with Crippen LogP contribution in [-0.4, -0.2) is 28.2 Å². The first-order valence-electron chi connectivity index (χ1n) is 7.92. The monoisotopic (exact) mass is 306 g/mol. The largest absolute Gasteiger partial charge is 0.338 e. The minimum Gasteiger partial charge on any atom is -0.338 e. The van der Waals surface area contributed by atoms with Crippen molar-refractivity contribution in [3.05, 3.63) is 60.4 Å². The molecule has 0 radical (unpaired) electrons. The number of benzene rings is 1. The second kappa shape index (κ2) is 6.20. The van der Waals surface area contributed by atoms with E-state index in [1.807, 2.05) is 48.7 Å². The molecule has 1 aromatic carbocycles. The van der Waals surface area contributed by atoms with E-state index in [1.165, 1.54) is 0 Å². The molecule has 3 aromatic rings. The lowest BCUT2D eigenvalue weighted by Crippen LogP contribution is -2.21. The van der Waals surface area contributed by atoms with Gasteiger partial charge in [-0.05, 0) is 48.2 Å². The number of rotatable bonds is 4. The molecule has 1 atom stereocenters. The van der Waals surface area contributed by atoms with E-state index in [4.69, 9.17) is 4.52 Å². The van der Waals surface area contributed by atoms with Crippen molar-refractivity contribution in [3.8, 4) is 11.5 Å². The molecule has 0 spiro atoms. The van der Waals surface area contributed by atoms with Crippen molar-refractivity contribution >= 4 is 5.95 Å². The highest BCUT2D eigenvalue weighted by atomic mass is 16.5. The molecular weight excluding hydrogens is 288 g/mol. The van der Waals surface area contributed by atoms with E-state index in [9.17, 15) is 0 Å². The molecule has 23 heavy (non-hydrogen) atoms. The van der Waals surface area contributed by atoms with Crippen molar-refractivity contribution in [1.82, 2.24) is 15.1 Å². The first-order chi connectivity index (χ1) is 11.4. The lowest BCUT2D eigenvalue weighted by Gasteiger charge is -2.13. The fourth-order valence-corrected chi connectivity index (χ4v) is 3.04. The Balaban J connectivity index is 1.43. The molecule has 5 heteroatoms. The summed E-state index contributed by atoms with van der Waals surface area (Å²) in [6, 6.07) is 16.0. The van der Waals surface area contributed by atoms with Gasteiger partial charge in [0.05, 0.1) is 0 Å². The van der Waals surface area contributed by atoms with E-state index in [2.05, 4.69) is 26.1 Å². The molecule has 1 aliphatic rings. The Bertz CT molecular complexity index is 757. The van der Waals surface area contributed by atoms with Crippen LogP contribution in [-0.2, 0) is 6.42 Å². The molecule has 0 saturated carbocycles. The zero-order valence-electron chi connectivity index (χ0n) is 12.8. The maximum atomic E-state index is 5.40. The first kappa shape index (κ1) is 13.9. The number of pyridine rings is 1. The summed E-state index contributed by atoms with van der Waals surface area (Å²) in [5.74, 6) is 1.85. The second-order valence-electron chi connectivity index (χ2n) is 5.89. The van der Waals surface area contributed by atoms with Gasteiger partial charge in [0.2, 0.25) is 0 Å². The molecule has 3 heterocycles. The summed E-state index contributed by atoms with van der Waals surface area (Å²) >= 11 is 0. The fraction of sp³-hybridized carbons (Fsp3) is 0.278. The van der Waals surface area contributed by atoms with Crippen LogP contribution in [0.25, 0.3) is 11.5 Å². The molecule has 2 aromatic heterocycles. The van der Waals surface area contributed by atoms with E-state index in [0.29, 0.717) is 17.8 Å². The second-order valence-corrected chi connectivity index (χ2v) is 5.89. The Morgan fingerprint density at radius 2 is 1.96 bits per heavy atom. The normalized spacial score (nSPS) is 17.6. The van der Waals surface area contributed by atoms with Gasteiger partial charge in [-0.2, -0.15) is 4.98 Å². The van der Waals surface area contributed by atoms with Crippen LogP contribution in [0.5, 0.6) is 0 Å². The minimum absolute atomic E-state index is 0.578. The van der Waals surface area contributed by atoms with E-state index in [1.54, 1.807) is 0 Å². The minimum atomic E-state index is 0.578. The van der Waals surface area contributed by atoms with Gasteiger partial charge in [-0.3, -0.25) is 4.98 Å². The maximum absolute atomic E-state index is 5.40. The van der Waals surface area contributed by atoms with Gasteiger partial charge in [-0.15, -0.1) is 0 Å². The third-order valence-electron chi connectivity index (χ3n) is 4.23. The predicted molar refractivity (Wildman–Crippen MR) is 88.0 cm³/mol. The molecule has 1 fully saturated rings. The first-order valence-corrected chi connectivity index (χ1v) is 7.92. The van der Waals surface area contributed by atoms with Crippen LogP contribution in [0.1, 0.15) is 12.1 Å². The van der Waals surface area contributed by atoms with E-state index >= 15 is 0 Å². The van der Waals surface area contributed by atoms with Gasteiger partial charge in [0, 0.05) is 30.5 Å². The van der Waals surface area contributed by atoms with Crippen molar-refractivity contribution in [2.45, 2.75) is 12.8 Å². The summed E-state index contributed by atoms with van der Waals surface area (Å²) in [5.41, 5.74) is 2.10. The van der Waals surface area contributed by atoms with Crippen molar-refractivity contribution in [2.24, 2.45) is 5.92 Å². The van der Waals surface area contributed by atoms with Gasteiger partial charge in [-0.1, -0.05) is 24.3 Å². The van der Waals surface area contributed by atoms with Crippen LogP contribution in [0.3, 0.4) is 0 Å². The Morgan fingerprint density at radius 3 is 2.78 bits per heavy atom. The summed E-state index contributed by atoms with van der Waals surface area (Å²) in [6.45, 7) is 1.91. The Morgan fingerprint density at radius 1 is 1.09 bits per heavy atom. The molecule has 5 nitrogen and oxygen atoms in total. The summed E-state index contributed by atoms with van der Waals surface area (Å²) in [5, 5.41) is 4.14. The Kier molecular flexibility index (Phi) is 3.76. The van der Waals surface area contributed by atoms with Crippen LogP contribution in [0, 0.1) is 5.92 Å². The standard InChI is InChI=1S/C18H18N4O/c1-2-6-15(7-3-1)17-20-18(21-23-17)22-11-9-14(13-22)12-16-8-4-5-10-19-16/h1-8,10,14H,9,11-13H2. The van der Waals surface area contributed by atoms with Crippen LogP contribution in [0.4, 0.5) is 5.95 Å². The molecule has 0 bridgehead atoms. The highest BCUT2D eigenvalue weighted by Crippen LogP contribution is 2.26. The van der Waals surface area contributed by atoms with Gasteiger partial charge in [0.25, 0.3) is 11.8 Å². The number of nitrogens with zero attached hydrogens (tertiary/aromatic N) is 4. The summed E-state index contributed by atoms with van der Waals surface area (Å²) in [7, 11) is 0. The quantitative estimate of drug-likeness (QED) is 0.741. The molecule has 1 saturated heterocycles. The molecule has 0 aliphatic carbocycles. The van der Waals surface area contributed by atoms with Crippen LogP contribution >= 0.6 is 0 Å². The van der Waals surface area contributed by atoms with Crippen molar-refractivity contribution in [1.29, 1.82) is 0 Å². The number of hydrogen-bond acceptors (Lipinski definition) is 5. The SMILES string of the molecule is c1ccc(-c2nc(N3CCC(Cc4ccccn4)C3)no2)cc1. The highest BCUT2D eigenvalue weighted by molar-refractivity contribution is 5.54. The predicted octanol–water partition coefficient (Wildman–Crippen LogP) is 3.20. The molecule has 4 rings (SSSR count). The van der Waals surface area contributed by atoms with Crippen LogP contribution < -0.4 is 4.90 Å². The van der Waals surface area contributed by atoms with E-state index < -0.39 is 0 Å². The van der Waals surface area contributed by atoms with Crippen molar-refractivity contribution < 1.29 is 4.52 Å². The van der Waals surface area contributed by atoms with E-state index in [0.717, 1.165) is 37.2 Å². The number of aromatic nitrogens is 3. The highest BCUT2D eigenvalue weighted by Gasteiger charge is 2.26. The third-order valence-corrected chi connectivity index (χ3v) is 4.23. The lowest BCUT2D eigenvalue weighted by molar-refractivity contribution is 0.430. The molecule has 1 unspecified atom stereocenters. The number of hydrogen-bond donors (Lipinski definition) is 0. The zero-order valence-corrected chi connectivity index (χ0v) is 12.8. The van der Waals surface area contributed by atoms with Crippen LogP contribution in [0.2, 0.25) is 0 Å². The number of anilines is 1. The Hall–Kier alpha value is -2.69. The summed E-state index contributed by atoms with van der Waals surface area (Å²) in [6.07, 6.45) is 3.99. The van der Waals surface area contributed by atoms with E-state index in [-0.39, 0.29) is 0 Å². The smallest absolute Gasteiger partial charge is 0.266 e. The molecule has 0 amide bonds. The average molecular weight is 306 g/mol. The van der Waals surface area contributed by atoms with Gasteiger partial charge >= 0.3 is 0 Å². The maximum Gasteiger partial charge on any atom is 0.266 e. The van der Waals surface area contributed by atoms with Gasteiger partial charge in [0.1, 0.15) is 0 Å². The molecular formula is C18H18N4O. The van der Waals surface area contributed by atoms with Crippen molar-refractivity contribution in [2.75, 3.05) is 18.0 Å². The third kappa shape index (κ3) is 3.08. The lowest BCUT2D eigenvalue weighted by atomic mass is 10.0. The summed E-state index contributed by atoms with van der Waals surface area (Å²) in [4.78, 5) is 11.1. The molecule has 0 N–H and O–H groups in total. The van der Waals surface area contributed by atoms with Gasteiger partial charge in [0.15, 0.2) is 0 Å². The fourth-order valence-electron chi connectivity index (χ4n) is 3.04. The molecule has 1 aliphatic heterocycles. The topological polar surface area (TPSA) is 55.1 Å². The van der Waals surface area contributed by atoms with Gasteiger partial charge < -0.3 is 9.42 Å². The Labute approximate surface area is 135 Å².